The molecule has 0 atom stereocenters. The average molecular weight is 268 g/mol. The van der Waals surface area contributed by atoms with Crippen LogP contribution in [-0.4, -0.2) is 15.3 Å². The Bertz CT molecular complexity index is 1050. The zero-order chi connectivity index (χ0) is 14.0. The standard InChI is InChI=1S/C15H8O5/c16-8-3-6-1-2-7-4-9(17)14(18)13-12(7)11(6)10(5-8)20-15(13)19/h1-5,16-18H. The molecule has 0 spiro atoms. The lowest BCUT2D eigenvalue weighted by Crippen LogP contribution is -2.01. The van der Waals surface area contributed by atoms with E-state index in [2.05, 4.69) is 0 Å². The molecule has 98 valence electrons. The summed E-state index contributed by atoms with van der Waals surface area (Å²) in [4.78, 5) is 12.0. The molecule has 3 aromatic carbocycles. The highest BCUT2D eigenvalue weighted by Crippen LogP contribution is 2.41. The molecule has 20 heavy (non-hydrogen) atoms. The molecule has 1 heterocycles. The largest absolute Gasteiger partial charge is 0.508 e. The fraction of sp³-hybridized carbons (Fsp3) is 0. The van der Waals surface area contributed by atoms with Gasteiger partial charge < -0.3 is 19.7 Å². The molecule has 4 aromatic rings. The van der Waals surface area contributed by atoms with Gasteiger partial charge in [-0.05, 0) is 22.9 Å². The van der Waals surface area contributed by atoms with Gasteiger partial charge in [0.2, 0.25) is 0 Å². The van der Waals surface area contributed by atoms with Crippen molar-refractivity contribution >= 4 is 32.5 Å². The fourth-order valence-electron chi connectivity index (χ4n) is 2.71. The van der Waals surface area contributed by atoms with E-state index in [1.54, 1.807) is 18.2 Å². The summed E-state index contributed by atoms with van der Waals surface area (Å²) in [6.45, 7) is 0. The maximum Gasteiger partial charge on any atom is 0.348 e. The monoisotopic (exact) mass is 268 g/mol. The first-order chi connectivity index (χ1) is 9.56. The van der Waals surface area contributed by atoms with Crippen LogP contribution in [0.15, 0.2) is 39.5 Å². The van der Waals surface area contributed by atoms with Gasteiger partial charge in [0, 0.05) is 16.8 Å². The number of hydrogen-bond donors (Lipinski definition) is 3. The maximum atomic E-state index is 12.0. The second-order valence-corrected chi connectivity index (χ2v) is 4.71. The summed E-state index contributed by atoms with van der Waals surface area (Å²) in [5.74, 6) is -0.870. The Morgan fingerprint density at radius 1 is 0.850 bits per heavy atom. The summed E-state index contributed by atoms with van der Waals surface area (Å²) >= 11 is 0. The summed E-state index contributed by atoms with van der Waals surface area (Å²) in [7, 11) is 0. The third-order valence-electron chi connectivity index (χ3n) is 3.53. The van der Waals surface area contributed by atoms with Crippen LogP contribution in [0.3, 0.4) is 0 Å². The molecule has 5 nitrogen and oxygen atoms in total. The Balaban J connectivity index is 2.49. The van der Waals surface area contributed by atoms with Gasteiger partial charge in [-0.15, -0.1) is 0 Å². The van der Waals surface area contributed by atoms with Crippen molar-refractivity contribution in [1.29, 1.82) is 0 Å². The van der Waals surface area contributed by atoms with E-state index < -0.39 is 11.4 Å². The summed E-state index contributed by atoms with van der Waals surface area (Å²) in [5, 5.41) is 31.6. The third-order valence-corrected chi connectivity index (χ3v) is 3.53. The minimum absolute atomic E-state index is 0.00824. The van der Waals surface area contributed by atoms with Crippen LogP contribution in [-0.2, 0) is 0 Å². The van der Waals surface area contributed by atoms with Crippen molar-refractivity contribution in [1.82, 2.24) is 0 Å². The second kappa shape index (κ2) is 3.33. The van der Waals surface area contributed by atoms with Crippen LogP contribution in [0, 0.1) is 0 Å². The topological polar surface area (TPSA) is 90.9 Å². The molecular weight excluding hydrogens is 260 g/mol. The number of aromatic hydroxyl groups is 3. The Labute approximate surface area is 111 Å². The van der Waals surface area contributed by atoms with Crippen LogP contribution in [0.1, 0.15) is 0 Å². The number of rotatable bonds is 0. The van der Waals surface area contributed by atoms with E-state index in [0.717, 1.165) is 0 Å². The van der Waals surface area contributed by atoms with Crippen LogP contribution < -0.4 is 5.63 Å². The van der Waals surface area contributed by atoms with Gasteiger partial charge in [0.1, 0.15) is 16.7 Å². The predicted molar refractivity (Wildman–Crippen MR) is 73.7 cm³/mol. The lowest BCUT2D eigenvalue weighted by Gasteiger charge is -2.11. The SMILES string of the molecule is O=c1oc2cc(O)cc3ccc4cc(O)c(O)c1c4c32. The molecular formula is C15H8O5. The minimum Gasteiger partial charge on any atom is -0.508 e. The predicted octanol–water partition coefficient (Wildman–Crippen LogP) is 2.65. The quantitative estimate of drug-likeness (QED) is 0.259. The second-order valence-electron chi connectivity index (χ2n) is 4.71. The van der Waals surface area contributed by atoms with Gasteiger partial charge in [-0.1, -0.05) is 12.1 Å². The number of benzene rings is 3. The maximum absolute atomic E-state index is 12.0. The molecule has 0 aliphatic heterocycles. The molecule has 0 aliphatic carbocycles. The van der Waals surface area contributed by atoms with Crippen molar-refractivity contribution in [3.63, 3.8) is 0 Å². The van der Waals surface area contributed by atoms with Crippen LogP contribution in [0.4, 0.5) is 0 Å². The van der Waals surface area contributed by atoms with Gasteiger partial charge >= 0.3 is 5.63 Å². The van der Waals surface area contributed by atoms with Crippen LogP contribution in [0.2, 0.25) is 0 Å². The lowest BCUT2D eigenvalue weighted by atomic mass is 9.97. The summed E-state index contributed by atoms with van der Waals surface area (Å²) in [6.07, 6.45) is 0. The van der Waals surface area contributed by atoms with Gasteiger partial charge in [-0.3, -0.25) is 0 Å². The molecule has 0 radical (unpaired) electrons. The third kappa shape index (κ3) is 1.19. The van der Waals surface area contributed by atoms with Crippen LogP contribution in [0.5, 0.6) is 17.2 Å². The van der Waals surface area contributed by atoms with Crippen LogP contribution in [0.25, 0.3) is 32.5 Å². The van der Waals surface area contributed by atoms with Gasteiger partial charge in [-0.25, -0.2) is 4.79 Å². The molecule has 5 heteroatoms. The minimum atomic E-state index is -0.756. The highest BCUT2D eigenvalue weighted by Gasteiger charge is 2.19. The molecule has 0 aliphatic rings. The van der Waals surface area contributed by atoms with Crippen molar-refractivity contribution in [2.75, 3.05) is 0 Å². The molecule has 0 unspecified atom stereocenters. The summed E-state index contributed by atoms with van der Waals surface area (Å²) in [6, 6.07) is 7.75. The Kier molecular flexibility index (Phi) is 1.82. The Morgan fingerprint density at radius 2 is 1.55 bits per heavy atom. The van der Waals surface area contributed by atoms with E-state index in [4.69, 9.17) is 4.42 Å². The van der Waals surface area contributed by atoms with E-state index >= 15 is 0 Å². The zero-order valence-corrected chi connectivity index (χ0v) is 10.0. The molecule has 4 rings (SSSR count). The summed E-state index contributed by atoms with van der Waals surface area (Å²) in [5.41, 5.74) is -0.512. The zero-order valence-electron chi connectivity index (χ0n) is 10.0. The van der Waals surface area contributed by atoms with E-state index in [1.165, 1.54) is 12.1 Å². The molecule has 0 bridgehead atoms. The van der Waals surface area contributed by atoms with Crippen molar-refractivity contribution in [3.8, 4) is 17.2 Å². The first kappa shape index (κ1) is 10.9. The van der Waals surface area contributed by atoms with Gasteiger partial charge in [0.25, 0.3) is 0 Å². The molecule has 0 saturated heterocycles. The normalized spacial score (nSPS) is 11.8. The Hall–Kier alpha value is -2.95. The van der Waals surface area contributed by atoms with E-state index in [0.29, 0.717) is 21.5 Å². The average Bonchev–Trinajstić information content (AvgIpc) is 2.39. The lowest BCUT2D eigenvalue weighted by molar-refractivity contribution is 0.407. The molecule has 0 saturated carbocycles. The summed E-state index contributed by atoms with van der Waals surface area (Å²) < 4.78 is 5.14. The van der Waals surface area contributed by atoms with Crippen molar-refractivity contribution < 1.29 is 19.7 Å². The molecule has 0 fully saturated rings. The van der Waals surface area contributed by atoms with Gasteiger partial charge in [0.15, 0.2) is 11.5 Å². The van der Waals surface area contributed by atoms with Crippen LogP contribution >= 0.6 is 0 Å². The highest BCUT2D eigenvalue weighted by molar-refractivity contribution is 6.23. The van der Waals surface area contributed by atoms with Crippen molar-refractivity contribution in [2.24, 2.45) is 0 Å². The molecule has 3 N–H and O–H groups in total. The first-order valence-corrected chi connectivity index (χ1v) is 5.93. The highest BCUT2D eigenvalue weighted by atomic mass is 16.4. The molecule has 1 aromatic heterocycles. The molecule has 0 amide bonds. The first-order valence-electron chi connectivity index (χ1n) is 5.93. The van der Waals surface area contributed by atoms with E-state index in [1.807, 2.05) is 0 Å². The number of hydrogen-bond acceptors (Lipinski definition) is 5. The van der Waals surface area contributed by atoms with Crippen molar-refractivity contribution in [3.05, 3.63) is 40.8 Å². The van der Waals surface area contributed by atoms with E-state index in [-0.39, 0.29) is 22.5 Å². The smallest absolute Gasteiger partial charge is 0.348 e. The number of phenolic OH excluding ortho intramolecular Hbond substituents is 3. The van der Waals surface area contributed by atoms with Crippen molar-refractivity contribution in [2.45, 2.75) is 0 Å². The number of phenols is 3. The Morgan fingerprint density at radius 3 is 2.30 bits per heavy atom. The van der Waals surface area contributed by atoms with E-state index in [9.17, 15) is 20.1 Å². The van der Waals surface area contributed by atoms with Gasteiger partial charge in [-0.2, -0.15) is 0 Å². The van der Waals surface area contributed by atoms with Gasteiger partial charge in [0.05, 0.1) is 0 Å². The fourth-order valence-corrected chi connectivity index (χ4v) is 2.71.